The highest BCUT2D eigenvalue weighted by Gasteiger charge is 2.47. The zero-order valence-electron chi connectivity index (χ0n) is 17.9. The van der Waals surface area contributed by atoms with E-state index < -0.39 is 11.7 Å². The number of nitrogens with one attached hydrogen (secondary N) is 1. The smallest absolute Gasteiger partial charge is 0.365 e. The van der Waals surface area contributed by atoms with Crippen molar-refractivity contribution < 1.29 is 18.0 Å². The average Bonchev–Trinajstić information content (AvgIpc) is 3.39. The summed E-state index contributed by atoms with van der Waals surface area (Å²) < 4.78 is 38.4. The summed E-state index contributed by atoms with van der Waals surface area (Å²) in [5.41, 5.74) is 1.94. The third-order valence-corrected chi connectivity index (χ3v) is 6.44. The molecule has 33 heavy (non-hydrogen) atoms. The second kappa shape index (κ2) is 8.13. The van der Waals surface area contributed by atoms with Crippen LogP contribution in [0.1, 0.15) is 34.5 Å². The third-order valence-electron chi connectivity index (χ3n) is 6.44. The maximum Gasteiger partial charge on any atom is 0.417 e. The molecule has 2 fully saturated rings. The van der Waals surface area contributed by atoms with Gasteiger partial charge in [0, 0.05) is 36.7 Å². The molecule has 0 radical (unpaired) electrons. The summed E-state index contributed by atoms with van der Waals surface area (Å²) in [6.45, 7) is 2.58. The molecule has 0 spiro atoms. The van der Waals surface area contributed by atoms with Crippen LogP contribution in [0.15, 0.2) is 55.0 Å². The van der Waals surface area contributed by atoms with Gasteiger partial charge in [-0.1, -0.05) is 6.07 Å². The summed E-state index contributed by atoms with van der Waals surface area (Å²) in [5.74, 6) is 0.542. The molecule has 4 heterocycles. The first-order valence-corrected chi connectivity index (χ1v) is 10.8. The number of amides is 1. The Morgan fingerprint density at radius 1 is 1.06 bits per heavy atom. The number of carbonyl (C=O) groups is 1. The molecule has 3 aromatic rings. The lowest BCUT2D eigenvalue weighted by molar-refractivity contribution is -0.137. The summed E-state index contributed by atoms with van der Waals surface area (Å²) in [4.78, 5) is 28.2. The fraction of sp³-hybridized carbons (Fsp3) is 0.333. The van der Waals surface area contributed by atoms with Gasteiger partial charge in [0.1, 0.15) is 11.5 Å². The number of piperidine rings is 1. The van der Waals surface area contributed by atoms with E-state index in [1.165, 1.54) is 6.07 Å². The summed E-state index contributed by atoms with van der Waals surface area (Å²) in [6, 6.07) is 9.62. The number of hydrogen-bond donors (Lipinski definition) is 1. The minimum Gasteiger partial charge on any atom is -0.365 e. The number of rotatable bonds is 4. The molecule has 9 heteroatoms. The predicted molar refractivity (Wildman–Crippen MR) is 116 cm³/mol. The lowest BCUT2D eigenvalue weighted by Crippen LogP contribution is -2.48. The number of carbonyl (C=O) groups excluding carboxylic acids is 1. The Hall–Kier alpha value is -3.49. The number of aryl methyl sites for hydroxylation is 1. The molecule has 170 valence electrons. The van der Waals surface area contributed by atoms with Gasteiger partial charge < -0.3 is 10.2 Å². The van der Waals surface area contributed by atoms with Crippen LogP contribution in [0.25, 0.3) is 11.3 Å². The Labute approximate surface area is 188 Å². The van der Waals surface area contributed by atoms with E-state index in [2.05, 4.69) is 20.3 Å². The van der Waals surface area contributed by atoms with Crippen LogP contribution in [0, 0.1) is 12.8 Å². The van der Waals surface area contributed by atoms with Crippen LogP contribution in [-0.4, -0.2) is 44.4 Å². The van der Waals surface area contributed by atoms with E-state index in [4.69, 9.17) is 0 Å². The molecule has 3 unspecified atom stereocenters. The van der Waals surface area contributed by atoms with Crippen LogP contribution in [0.3, 0.4) is 0 Å². The Morgan fingerprint density at radius 3 is 2.55 bits per heavy atom. The Bertz CT molecular complexity index is 1180. The molecule has 1 N–H and O–H groups in total. The lowest BCUT2D eigenvalue weighted by Gasteiger charge is -2.34. The van der Waals surface area contributed by atoms with Gasteiger partial charge in [-0.25, -0.2) is 4.98 Å². The van der Waals surface area contributed by atoms with E-state index >= 15 is 0 Å². The molecule has 1 amide bonds. The number of aromatic nitrogens is 3. The van der Waals surface area contributed by atoms with Gasteiger partial charge in [-0.05, 0) is 61.6 Å². The van der Waals surface area contributed by atoms with Gasteiger partial charge in [0.2, 0.25) is 0 Å². The average molecular weight is 453 g/mol. The van der Waals surface area contributed by atoms with Crippen molar-refractivity contribution in [2.45, 2.75) is 38.0 Å². The number of hydrogen-bond acceptors (Lipinski definition) is 5. The number of alkyl halides is 3. The molecule has 2 aliphatic rings. The third kappa shape index (κ3) is 4.03. The monoisotopic (exact) mass is 453 g/mol. The van der Waals surface area contributed by atoms with Gasteiger partial charge in [0.15, 0.2) is 0 Å². The van der Waals surface area contributed by atoms with Crippen molar-refractivity contribution in [2.75, 3.05) is 11.9 Å². The van der Waals surface area contributed by atoms with Crippen LogP contribution in [0.5, 0.6) is 0 Å². The van der Waals surface area contributed by atoms with Crippen LogP contribution < -0.4 is 5.32 Å². The van der Waals surface area contributed by atoms with E-state index in [0.717, 1.165) is 36.4 Å². The largest absolute Gasteiger partial charge is 0.417 e. The molecule has 5 rings (SSSR count). The molecule has 2 bridgehead atoms. The number of nitrogens with zero attached hydrogens (tertiary/aromatic N) is 4. The number of fused-ring (bicyclic) bond motifs is 2. The zero-order valence-corrected chi connectivity index (χ0v) is 17.9. The van der Waals surface area contributed by atoms with Crippen LogP contribution in [-0.2, 0) is 6.18 Å². The van der Waals surface area contributed by atoms with Crippen molar-refractivity contribution in [2.24, 2.45) is 5.92 Å². The van der Waals surface area contributed by atoms with E-state index in [1.54, 1.807) is 18.5 Å². The first-order valence-electron chi connectivity index (χ1n) is 10.8. The highest BCUT2D eigenvalue weighted by molar-refractivity contribution is 5.99. The second-order valence-electron chi connectivity index (χ2n) is 8.61. The zero-order chi connectivity index (χ0) is 23.2. The fourth-order valence-corrected chi connectivity index (χ4v) is 4.92. The van der Waals surface area contributed by atoms with Crippen molar-refractivity contribution in [3.63, 3.8) is 0 Å². The standard InChI is InChI=1S/C24H22F3N5O/c1-14-4-2-8-28-21(14)17-5-3-9-29-22(17)23(33)32-13-15-10-18(19(32)11-15)31-20-7-6-16(12-30-20)24(25,26)27/h2-9,12,15,18-19H,10-11,13H2,1H3,(H,30,31). The van der Waals surface area contributed by atoms with Gasteiger partial charge in [-0.2, -0.15) is 13.2 Å². The summed E-state index contributed by atoms with van der Waals surface area (Å²) >= 11 is 0. The molecule has 1 aliphatic heterocycles. The Balaban J connectivity index is 1.37. The van der Waals surface area contributed by atoms with Gasteiger partial charge in [0.05, 0.1) is 17.3 Å². The van der Waals surface area contributed by atoms with Crippen molar-refractivity contribution in [3.8, 4) is 11.3 Å². The SMILES string of the molecule is Cc1cccnc1-c1cccnc1C(=O)N1CC2CC(Nc3ccc(C(F)(F)F)cn3)C1C2. The van der Waals surface area contributed by atoms with E-state index in [-0.39, 0.29) is 18.0 Å². The summed E-state index contributed by atoms with van der Waals surface area (Å²) in [7, 11) is 0. The highest BCUT2D eigenvalue weighted by atomic mass is 19.4. The first kappa shape index (κ1) is 21.4. The normalized spacial score (nSPS) is 21.9. The van der Waals surface area contributed by atoms with Crippen molar-refractivity contribution in [1.82, 2.24) is 19.9 Å². The van der Waals surface area contributed by atoms with Crippen molar-refractivity contribution >= 4 is 11.7 Å². The van der Waals surface area contributed by atoms with Crippen LogP contribution in [0.4, 0.5) is 19.0 Å². The highest BCUT2D eigenvalue weighted by Crippen LogP contribution is 2.40. The molecule has 3 aromatic heterocycles. The number of pyridine rings is 3. The molecule has 0 aromatic carbocycles. The fourth-order valence-electron chi connectivity index (χ4n) is 4.92. The lowest BCUT2D eigenvalue weighted by atomic mass is 10.0. The van der Waals surface area contributed by atoms with Gasteiger partial charge in [-0.3, -0.25) is 14.8 Å². The predicted octanol–water partition coefficient (Wildman–Crippen LogP) is 4.58. The molecule has 1 saturated carbocycles. The first-order chi connectivity index (χ1) is 15.8. The number of anilines is 1. The van der Waals surface area contributed by atoms with Crippen LogP contribution in [0.2, 0.25) is 0 Å². The Morgan fingerprint density at radius 2 is 1.85 bits per heavy atom. The van der Waals surface area contributed by atoms with Crippen LogP contribution >= 0.6 is 0 Å². The maximum atomic E-state index is 13.6. The van der Waals surface area contributed by atoms with E-state index in [9.17, 15) is 18.0 Å². The quantitative estimate of drug-likeness (QED) is 0.626. The summed E-state index contributed by atoms with van der Waals surface area (Å²) in [5, 5.41) is 3.24. The minimum atomic E-state index is -4.42. The maximum absolute atomic E-state index is 13.6. The van der Waals surface area contributed by atoms with Gasteiger partial charge >= 0.3 is 6.18 Å². The topological polar surface area (TPSA) is 71.0 Å². The van der Waals surface area contributed by atoms with Gasteiger partial charge in [-0.15, -0.1) is 0 Å². The van der Waals surface area contributed by atoms with E-state index in [0.29, 0.717) is 29.5 Å². The Kier molecular flexibility index (Phi) is 5.26. The second-order valence-corrected chi connectivity index (χ2v) is 8.61. The van der Waals surface area contributed by atoms with Crippen molar-refractivity contribution in [1.29, 1.82) is 0 Å². The van der Waals surface area contributed by atoms with Crippen molar-refractivity contribution in [3.05, 3.63) is 71.8 Å². The van der Waals surface area contributed by atoms with E-state index in [1.807, 2.05) is 30.0 Å². The molecular weight excluding hydrogens is 431 g/mol. The molecule has 6 nitrogen and oxygen atoms in total. The minimum absolute atomic E-state index is 0.0775. The number of likely N-dealkylation sites (tertiary alicyclic amines) is 1. The molecule has 1 saturated heterocycles. The molecule has 3 atom stereocenters. The number of halogens is 3. The van der Waals surface area contributed by atoms with Gasteiger partial charge in [0.25, 0.3) is 5.91 Å². The molecular formula is C24H22F3N5O. The molecule has 1 aliphatic carbocycles. The summed E-state index contributed by atoms with van der Waals surface area (Å²) in [6.07, 6.45) is 1.38.